The Morgan fingerprint density at radius 1 is 1.03 bits per heavy atom. The van der Waals surface area contributed by atoms with Gasteiger partial charge in [-0.3, -0.25) is 14.9 Å². The van der Waals surface area contributed by atoms with Crippen molar-refractivity contribution in [1.29, 1.82) is 0 Å². The molecule has 0 saturated heterocycles. The van der Waals surface area contributed by atoms with Crippen molar-refractivity contribution in [2.24, 2.45) is 0 Å². The van der Waals surface area contributed by atoms with E-state index in [1.807, 2.05) is 5.32 Å². The third-order valence-electron chi connectivity index (χ3n) is 4.99. The standard InChI is InChI=1S/C24H17F3N2O8/c1-3-36-24(33)15-8-7-14(10-16(15)23(31)32)37-21-19(27)17(25)11(2)18(26)20(21)28-22(30)12-5-4-6-13(9-12)29(34)35/h4-10H,3H2,1-2H3,(H,28,30)(H,31,32). The van der Waals surface area contributed by atoms with Crippen LogP contribution in [-0.4, -0.2) is 34.5 Å². The highest BCUT2D eigenvalue weighted by atomic mass is 19.2. The molecule has 13 heteroatoms. The molecular weight excluding hydrogens is 501 g/mol. The molecule has 0 aromatic heterocycles. The van der Waals surface area contributed by atoms with Crippen LogP contribution < -0.4 is 10.1 Å². The SMILES string of the molecule is CCOC(=O)c1ccc(Oc2c(F)c(F)c(C)c(F)c2NC(=O)c2cccc([N+](=O)[O-])c2)cc1C(=O)O. The Morgan fingerprint density at radius 2 is 1.73 bits per heavy atom. The summed E-state index contributed by atoms with van der Waals surface area (Å²) in [6.45, 7) is 2.36. The molecule has 0 saturated carbocycles. The van der Waals surface area contributed by atoms with Gasteiger partial charge in [0.2, 0.25) is 5.82 Å². The van der Waals surface area contributed by atoms with E-state index >= 15 is 0 Å². The third-order valence-corrected chi connectivity index (χ3v) is 4.99. The number of anilines is 1. The molecule has 3 aromatic carbocycles. The lowest BCUT2D eigenvalue weighted by Crippen LogP contribution is -2.16. The van der Waals surface area contributed by atoms with Crippen LogP contribution in [0.2, 0.25) is 0 Å². The number of nitro groups is 1. The average Bonchev–Trinajstić information content (AvgIpc) is 2.88. The van der Waals surface area contributed by atoms with Gasteiger partial charge in [0.1, 0.15) is 11.4 Å². The molecule has 3 aromatic rings. The van der Waals surface area contributed by atoms with Crippen LogP contribution in [0.1, 0.15) is 43.6 Å². The van der Waals surface area contributed by atoms with Crippen LogP contribution in [0, 0.1) is 34.5 Å². The first-order chi connectivity index (χ1) is 17.5. The van der Waals surface area contributed by atoms with Crippen LogP contribution >= 0.6 is 0 Å². The Kier molecular flexibility index (Phi) is 7.76. The summed E-state index contributed by atoms with van der Waals surface area (Å²) < 4.78 is 54.3. The van der Waals surface area contributed by atoms with Crippen LogP contribution in [0.15, 0.2) is 42.5 Å². The number of nitrogens with one attached hydrogen (secondary N) is 1. The van der Waals surface area contributed by atoms with Gasteiger partial charge in [-0.1, -0.05) is 6.07 Å². The molecule has 0 atom stereocenters. The van der Waals surface area contributed by atoms with Crippen molar-refractivity contribution in [2.75, 3.05) is 11.9 Å². The number of rotatable bonds is 8. The molecule has 2 N–H and O–H groups in total. The minimum absolute atomic E-state index is 0.0447. The van der Waals surface area contributed by atoms with Gasteiger partial charge in [0.15, 0.2) is 17.4 Å². The first-order valence-corrected chi connectivity index (χ1v) is 10.4. The van der Waals surface area contributed by atoms with Crippen LogP contribution in [0.5, 0.6) is 11.5 Å². The molecule has 0 spiro atoms. The highest BCUT2D eigenvalue weighted by Crippen LogP contribution is 2.39. The van der Waals surface area contributed by atoms with Crippen LogP contribution in [0.3, 0.4) is 0 Å². The molecule has 0 aliphatic carbocycles. The number of ether oxygens (including phenoxy) is 2. The zero-order chi connectivity index (χ0) is 27.4. The maximum atomic E-state index is 15.0. The monoisotopic (exact) mass is 518 g/mol. The first kappa shape index (κ1) is 26.7. The minimum atomic E-state index is -1.71. The summed E-state index contributed by atoms with van der Waals surface area (Å²) in [6.07, 6.45) is 0. The Labute approximate surface area is 206 Å². The number of carbonyl (C=O) groups is 3. The van der Waals surface area contributed by atoms with E-state index in [1.165, 1.54) is 19.1 Å². The fraction of sp³-hybridized carbons (Fsp3) is 0.125. The molecule has 10 nitrogen and oxygen atoms in total. The summed E-state index contributed by atoms with van der Waals surface area (Å²) in [7, 11) is 0. The van der Waals surface area contributed by atoms with Gasteiger partial charge in [-0.2, -0.15) is 4.39 Å². The molecule has 0 aliphatic heterocycles. The van der Waals surface area contributed by atoms with Crippen molar-refractivity contribution < 1.29 is 47.1 Å². The summed E-state index contributed by atoms with van der Waals surface area (Å²) >= 11 is 0. The van der Waals surface area contributed by atoms with E-state index in [0.29, 0.717) is 0 Å². The maximum absolute atomic E-state index is 15.0. The number of amides is 1. The number of carbonyl (C=O) groups excluding carboxylic acids is 2. The lowest BCUT2D eigenvalue weighted by Gasteiger charge is -2.17. The van der Waals surface area contributed by atoms with E-state index in [2.05, 4.69) is 0 Å². The smallest absolute Gasteiger partial charge is 0.339 e. The van der Waals surface area contributed by atoms with Gasteiger partial charge in [-0.05, 0) is 38.1 Å². The third kappa shape index (κ3) is 5.50. The number of nitro benzene ring substituents is 1. The number of carboxylic acids is 1. The van der Waals surface area contributed by atoms with Gasteiger partial charge in [0.05, 0.1) is 22.7 Å². The summed E-state index contributed by atoms with van der Waals surface area (Å²) in [5.74, 6) is -9.99. The molecule has 3 rings (SSSR count). The van der Waals surface area contributed by atoms with E-state index in [4.69, 9.17) is 9.47 Å². The summed E-state index contributed by atoms with van der Waals surface area (Å²) in [4.78, 5) is 46.5. The number of non-ortho nitro benzene ring substituents is 1. The minimum Gasteiger partial charge on any atom is -0.478 e. The second-order valence-electron chi connectivity index (χ2n) is 7.37. The lowest BCUT2D eigenvalue weighted by atomic mass is 10.1. The number of nitrogens with zero attached hydrogens (tertiary/aromatic N) is 1. The predicted molar refractivity (Wildman–Crippen MR) is 122 cm³/mol. The van der Waals surface area contributed by atoms with Crippen molar-refractivity contribution in [3.8, 4) is 11.5 Å². The molecule has 1 amide bonds. The van der Waals surface area contributed by atoms with E-state index < -0.39 is 74.2 Å². The van der Waals surface area contributed by atoms with Crippen molar-refractivity contribution >= 4 is 29.2 Å². The van der Waals surface area contributed by atoms with Gasteiger partial charge in [0, 0.05) is 23.3 Å². The van der Waals surface area contributed by atoms with E-state index in [-0.39, 0.29) is 17.7 Å². The first-order valence-electron chi connectivity index (χ1n) is 10.4. The van der Waals surface area contributed by atoms with Gasteiger partial charge in [-0.15, -0.1) is 0 Å². The quantitative estimate of drug-likeness (QED) is 0.178. The normalized spacial score (nSPS) is 10.5. The second-order valence-corrected chi connectivity index (χ2v) is 7.37. The average molecular weight is 518 g/mol. The zero-order valence-corrected chi connectivity index (χ0v) is 19.1. The van der Waals surface area contributed by atoms with Crippen LogP contribution in [-0.2, 0) is 4.74 Å². The molecular formula is C24H17F3N2O8. The molecule has 37 heavy (non-hydrogen) atoms. The summed E-state index contributed by atoms with van der Waals surface area (Å²) in [5.41, 5.74) is -3.46. The molecule has 0 unspecified atom stereocenters. The molecule has 0 bridgehead atoms. The van der Waals surface area contributed by atoms with Crippen LogP contribution in [0.25, 0.3) is 0 Å². The fourth-order valence-electron chi connectivity index (χ4n) is 3.18. The Balaban J connectivity index is 2.08. The van der Waals surface area contributed by atoms with Crippen molar-refractivity contribution in [3.63, 3.8) is 0 Å². The molecule has 192 valence electrons. The van der Waals surface area contributed by atoms with Gasteiger partial charge in [0.25, 0.3) is 11.6 Å². The van der Waals surface area contributed by atoms with Crippen LogP contribution in [0.4, 0.5) is 24.5 Å². The number of aromatic carboxylic acids is 1. The van der Waals surface area contributed by atoms with Crippen molar-refractivity contribution in [3.05, 3.63) is 92.3 Å². The fourth-order valence-corrected chi connectivity index (χ4v) is 3.18. The Hall–Kier alpha value is -4.94. The number of carboxylic acid groups (broad SMARTS) is 1. The Bertz CT molecular complexity index is 1440. The topological polar surface area (TPSA) is 145 Å². The maximum Gasteiger partial charge on any atom is 0.339 e. The van der Waals surface area contributed by atoms with E-state index in [0.717, 1.165) is 37.3 Å². The number of esters is 1. The zero-order valence-electron chi connectivity index (χ0n) is 19.1. The van der Waals surface area contributed by atoms with E-state index in [1.54, 1.807) is 0 Å². The number of hydrogen-bond donors (Lipinski definition) is 2. The molecule has 0 aliphatic rings. The van der Waals surface area contributed by atoms with E-state index in [9.17, 15) is 42.8 Å². The van der Waals surface area contributed by atoms with Crippen molar-refractivity contribution in [2.45, 2.75) is 13.8 Å². The predicted octanol–water partition coefficient (Wildman–Crippen LogP) is 5.24. The number of halogens is 3. The Morgan fingerprint density at radius 3 is 2.35 bits per heavy atom. The van der Waals surface area contributed by atoms with Gasteiger partial charge >= 0.3 is 11.9 Å². The second kappa shape index (κ2) is 10.8. The highest BCUT2D eigenvalue weighted by Gasteiger charge is 2.27. The highest BCUT2D eigenvalue weighted by molar-refractivity contribution is 6.06. The van der Waals surface area contributed by atoms with Crippen molar-refractivity contribution in [1.82, 2.24) is 0 Å². The molecule has 0 radical (unpaired) electrons. The number of hydrogen-bond acceptors (Lipinski definition) is 7. The molecule has 0 fully saturated rings. The summed E-state index contributed by atoms with van der Waals surface area (Å²) in [6, 6.07) is 7.17. The molecule has 0 heterocycles. The summed E-state index contributed by atoms with van der Waals surface area (Å²) in [5, 5.41) is 22.4. The van der Waals surface area contributed by atoms with Gasteiger partial charge < -0.3 is 19.9 Å². The lowest BCUT2D eigenvalue weighted by molar-refractivity contribution is -0.384. The van der Waals surface area contributed by atoms with Gasteiger partial charge in [-0.25, -0.2) is 18.4 Å². The largest absolute Gasteiger partial charge is 0.478 e. The number of benzene rings is 3.